The molecular formula is C15H14BrN3S. The molecule has 0 atom stereocenters. The average molecular weight is 348 g/mol. The van der Waals surface area contributed by atoms with Gasteiger partial charge < -0.3 is 5.32 Å². The lowest BCUT2D eigenvalue weighted by Gasteiger charge is -2.09. The Morgan fingerprint density at radius 3 is 2.80 bits per heavy atom. The molecule has 0 aliphatic rings. The lowest BCUT2D eigenvalue weighted by molar-refractivity contribution is 1.14. The number of aromatic nitrogens is 2. The normalized spacial score (nSPS) is 10.9. The van der Waals surface area contributed by atoms with Crippen molar-refractivity contribution in [2.45, 2.75) is 13.8 Å². The number of benzene rings is 1. The number of anilines is 1. The molecule has 0 radical (unpaired) electrons. The van der Waals surface area contributed by atoms with Crippen LogP contribution in [0.5, 0.6) is 0 Å². The van der Waals surface area contributed by atoms with E-state index in [0.29, 0.717) is 0 Å². The summed E-state index contributed by atoms with van der Waals surface area (Å²) in [6, 6.07) is 8.31. The molecule has 3 rings (SSSR count). The molecule has 0 saturated carbocycles. The van der Waals surface area contributed by atoms with Crippen LogP contribution in [0.4, 0.5) is 5.82 Å². The van der Waals surface area contributed by atoms with Gasteiger partial charge in [0.15, 0.2) is 5.82 Å². The third kappa shape index (κ3) is 2.55. The summed E-state index contributed by atoms with van der Waals surface area (Å²) in [6.45, 7) is 5.00. The van der Waals surface area contributed by atoms with E-state index in [1.54, 1.807) is 11.3 Å². The molecular weight excluding hydrogens is 334 g/mol. The highest BCUT2D eigenvalue weighted by molar-refractivity contribution is 9.11. The maximum absolute atomic E-state index is 4.68. The second kappa shape index (κ2) is 5.50. The van der Waals surface area contributed by atoms with E-state index in [-0.39, 0.29) is 0 Å². The van der Waals surface area contributed by atoms with Crippen molar-refractivity contribution in [2.24, 2.45) is 0 Å². The zero-order valence-electron chi connectivity index (χ0n) is 11.3. The fourth-order valence-electron chi connectivity index (χ4n) is 2.10. The Labute approximate surface area is 130 Å². The van der Waals surface area contributed by atoms with Gasteiger partial charge in [0.1, 0.15) is 5.82 Å². The Kier molecular flexibility index (Phi) is 3.72. The molecule has 3 aromatic rings. The Bertz CT molecular complexity index is 767. The number of thiophene rings is 1. The summed E-state index contributed by atoms with van der Waals surface area (Å²) in [5.74, 6) is 1.66. The molecule has 0 aliphatic carbocycles. The molecule has 2 heterocycles. The average Bonchev–Trinajstić information content (AvgIpc) is 2.86. The van der Waals surface area contributed by atoms with Gasteiger partial charge in [0.05, 0.1) is 9.30 Å². The summed E-state index contributed by atoms with van der Waals surface area (Å²) in [4.78, 5) is 9.36. The maximum Gasteiger partial charge on any atom is 0.163 e. The van der Waals surface area contributed by atoms with Crippen LogP contribution in [-0.4, -0.2) is 16.5 Å². The van der Waals surface area contributed by atoms with Gasteiger partial charge in [-0.25, -0.2) is 9.97 Å². The standard InChI is InChI=1S/C15H14BrN3S/c1-3-17-15-11-6-9(2)4-5-12(11)18-14(19-15)10-7-13(16)20-8-10/h4-8H,3H2,1-2H3,(H,17,18,19). The van der Waals surface area contributed by atoms with E-state index in [2.05, 4.69) is 74.7 Å². The van der Waals surface area contributed by atoms with Crippen LogP contribution in [0.3, 0.4) is 0 Å². The van der Waals surface area contributed by atoms with Crippen LogP contribution in [0.15, 0.2) is 33.4 Å². The minimum atomic E-state index is 0.763. The molecule has 102 valence electrons. The number of aryl methyl sites for hydroxylation is 1. The van der Waals surface area contributed by atoms with Crippen LogP contribution in [0.2, 0.25) is 0 Å². The topological polar surface area (TPSA) is 37.8 Å². The lowest BCUT2D eigenvalue weighted by Crippen LogP contribution is -2.02. The second-order valence-electron chi connectivity index (χ2n) is 4.59. The molecule has 0 unspecified atom stereocenters. The summed E-state index contributed by atoms with van der Waals surface area (Å²) in [5.41, 5.74) is 3.23. The Balaban J connectivity index is 2.22. The van der Waals surface area contributed by atoms with E-state index in [9.17, 15) is 0 Å². The highest BCUT2D eigenvalue weighted by atomic mass is 79.9. The van der Waals surface area contributed by atoms with Crippen LogP contribution >= 0.6 is 27.3 Å². The Hall–Kier alpha value is -1.46. The van der Waals surface area contributed by atoms with E-state index in [1.165, 1.54) is 5.56 Å². The van der Waals surface area contributed by atoms with E-state index < -0.39 is 0 Å². The van der Waals surface area contributed by atoms with E-state index in [1.807, 2.05) is 0 Å². The van der Waals surface area contributed by atoms with Crippen molar-refractivity contribution in [3.63, 3.8) is 0 Å². The van der Waals surface area contributed by atoms with Crippen molar-refractivity contribution in [1.82, 2.24) is 9.97 Å². The predicted molar refractivity (Wildman–Crippen MR) is 89.5 cm³/mol. The maximum atomic E-state index is 4.68. The summed E-state index contributed by atoms with van der Waals surface area (Å²) in [5, 5.41) is 6.47. The molecule has 3 nitrogen and oxygen atoms in total. The predicted octanol–water partition coefficient (Wildman–Crippen LogP) is 4.86. The van der Waals surface area contributed by atoms with Gasteiger partial charge in [0.25, 0.3) is 0 Å². The van der Waals surface area contributed by atoms with Crippen LogP contribution in [0.1, 0.15) is 12.5 Å². The molecule has 0 amide bonds. The molecule has 0 fully saturated rings. The van der Waals surface area contributed by atoms with Crippen LogP contribution < -0.4 is 5.32 Å². The molecule has 0 saturated heterocycles. The molecule has 5 heteroatoms. The van der Waals surface area contributed by atoms with E-state index >= 15 is 0 Å². The Morgan fingerprint density at radius 1 is 1.25 bits per heavy atom. The Morgan fingerprint density at radius 2 is 2.10 bits per heavy atom. The minimum absolute atomic E-state index is 0.763. The summed E-state index contributed by atoms with van der Waals surface area (Å²) in [6.07, 6.45) is 0. The fraction of sp³-hybridized carbons (Fsp3) is 0.200. The molecule has 0 bridgehead atoms. The van der Waals surface area contributed by atoms with Crippen LogP contribution in [0.25, 0.3) is 22.3 Å². The van der Waals surface area contributed by atoms with Gasteiger partial charge in [0.2, 0.25) is 0 Å². The van der Waals surface area contributed by atoms with Gasteiger partial charge in [-0.2, -0.15) is 0 Å². The number of hydrogen-bond acceptors (Lipinski definition) is 4. The van der Waals surface area contributed by atoms with Crippen molar-refractivity contribution in [1.29, 1.82) is 0 Å². The van der Waals surface area contributed by atoms with E-state index in [4.69, 9.17) is 0 Å². The minimum Gasteiger partial charge on any atom is -0.370 e. The lowest BCUT2D eigenvalue weighted by atomic mass is 10.1. The zero-order chi connectivity index (χ0) is 14.1. The smallest absolute Gasteiger partial charge is 0.163 e. The zero-order valence-corrected chi connectivity index (χ0v) is 13.7. The highest BCUT2D eigenvalue weighted by Crippen LogP contribution is 2.30. The van der Waals surface area contributed by atoms with Crippen molar-refractivity contribution in [3.05, 3.63) is 39.0 Å². The molecule has 2 aromatic heterocycles. The van der Waals surface area contributed by atoms with Gasteiger partial charge in [-0.3, -0.25) is 0 Å². The number of rotatable bonds is 3. The number of halogens is 1. The van der Waals surface area contributed by atoms with Crippen molar-refractivity contribution in [2.75, 3.05) is 11.9 Å². The van der Waals surface area contributed by atoms with Gasteiger partial charge >= 0.3 is 0 Å². The number of nitrogens with zero attached hydrogens (tertiary/aromatic N) is 2. The highest BCUT2D eigenvalue weighted by Gasteiger charge is 2.10. The summed E-state index contributed by atoms with van der Waals surface area (Å²) >= 11 is 5.13. The molecule has 1 aromatic carbocycles. The van der Waals surface area contributed by atoms with Gasteiger partial charge in [0, 0.05) is 22.9 Å². The molecule has 1 N–H and O–H groups in total. The van der Waals surface area contributed by atoms with Crippen molar-refractivity contribution >= 4 is 44.0 Å². The van der Waals surface area contributed by atoms with Crippen LogP contribution in [-0.2, 0) is 0 Å². The van der Waals surface area contributed by atoms with E-state index in [0.717, 1.165) is 38.4 Å². The van der Waals surface area contributed by atoms with Crippen molar-refractivity contribution in [3.8, 4) is 11.4 Å². The first kappa shape index (κ1) is 13.5. The monoisotopic (exact) mass is 347 g/mol. The van der Waals surface area contributed by atoms with Crippen LogP contribution in [0, 0.1) is 6.92 Å². The summed E-state index contributed by atoms with van der Waals surface area (Å²) in [7, 11) is 0. The van der Waals surface area contributed by atoms with Gasteiger partial charge in [-0.1, -0.05) is 11.6 Å². The quantitative estimate of drug-likeness (QED) is 0.734. The summed E-state index contributed by atoms with van der Waals surface area (Å²) < 4.78 is 1.09. The molecule has 0 aliphatic heterocycles. The third-order valence-electron chi connectivity index (χ3n) is 3.02. The SMILES string of the molecule is CCNc1nc(-c2csc(Br)c2)nc2ccc(C)cc12. The first-order valence-corrected chi connectivity index (χ1v) is 8.11. The number of nitrogens with one attached hydrogen (secondary N) is 1. The number of hydrogen-bond donors (Lipinski definition) is 1. The van der Waals surface area contributed by atoms with Crippen molar-refractivity contribution < 1.29 is 0 Å². The van der Waals surface area contributed by atoms with Gasteiger partial charge in [-0.05, 0) is 48.0 Å². The number of fused-ring (bicyclic) bond motifs is 1. The first-order valence-electron chi connectivity index (χ1n) is 6.44. The fourth-order valence-corrected chi connectivity index (χ4v) is 3.24. The molecule has 0 spiro atoms. The second-order valence-corrected chi connectivity index (χ2v) is 6.88. The molecule has 20 heavy (non-hydrogen) atoms. The largest absolute Gasteiger partial charge is 0.370 e. The third-order valence-corrected chi connectivity index (χ3v) is 4.53. The first-order chi connectivity index (χ1) is 9.67. The van der Waals surface area contributed by atoms with Gasteiger partial charge in [-0.15, -0.1) is 11.3 Å².